The number of carbonyl (C=O) groups excluding carboxylic acids is 1. The minimum Gasteiger partial charge on any atom is -0.497 e. The molecule has 166 valence electrons. The molecule has 0 fully saturated rings. The Morgan fingerprint density at radius 1 is 1.00 bits per heavy atom. The molecule has 4 nitrogen and oxygen atoms in total. The van der Waals surface area contributed by atoms with Gasteiger partial charge in [-0.15, -0.1) is 11.8 Å². The molecule has 4 aromatic rings. The average molecular weight is 479 g/mol. The molecule has 0 aliphatic carbocycles. The van der Waals surface area contributed by atoms with Gasteiger partial charge in [-0.25, -0.2) is 4.39 Å². The molecule has 1 heterocycles. The van der Waals surface area contributed by atoms with Crippen LogP contribution in [-0.2, 0) is 0 Å². The standard InChI is InChI=1S/C26H20ClFN2O2S/c1-32-17-7-11-24(28)21(14-17)20-15-18(33-2)8-9-19(20)26(31)30-16-6-10-23(27)22(13-16)25-5-3-4-12-29-25/h3-15H,1-2H3,(H,30,31). The lowest BCUT2D eigenvalue weighted by Gasteiger charge is -2.14. The number of nitrogens with zero attached hydrogens (tertiary/aromatic N) is 1. The summed E-state index contributed by atoms with van der Waals surface area (Å²) >= 11 is 7.87. The third kappa shape index (κ3) is 5.02. The highest BCUT2D eigenvalue weighted by molar-refractivity contribution is 7.98. The van der Waals surface area contributed by atoms with Gasteiger partial charge in [0.25, 0.3) is 5.91 Å². The Labute approximate surface area is 200 Å². The van der Waals surface area contributed by atoms with Crippen molar-refractivity contribution in [2.75, 3.05) is 18.7 Å². The molecule has 7 heteroatoms. The van der Waals surface area contributed by atoms with Crippen LogP contribution in [0.3, 0.4) is 0 Å². The summed E-state index contributed by atoms with van der Waals surface area (Å²) in [6.07, 6.45) is 3.60. The molecule has 1 amide bonds. The van der Waals surface area contributed by atoms with Gasteiger partial charge in [-0.2, -0.15) is 0 Å². The van der Waals surface area contributed by atoms with E-state index in [9.17, 15) is 9.18 Å². The zero-order chi connectivity index (χ0) is 23.4. The van der Waals surface area contributed by atoms with E-state index in [4.69, 9.17) is 16.3 Å². The van der Waals surface area contributed by atoms with E-state index in [0.29, 0.717) is 44.4 Å². The third-order valence-electron chi connectivity index (χ3n) is 5.10. The Balaban J connectivity index is 1.73. The number of methoxy groups -OCH3 is 1. The normalized spacial score (nSPS) is 10.7. The summed E-state index contributed by atoms with van der Waals surface area (Å²) in [5, 5.41) is 3.43. The number of ether oxygens (including phenoxy) is 1. The van der Waals surface area contributed by atoms with E-state index in [1.807, 2.05) is 30.5 Å². The fourth-order valence-electron chi connectivity index (χ4n) is 3.43. The monoisotopic (exact) mass is 478 g/mol. The van der Waals surface area contributed by atoms with Gasteiger partial charge >= 0.3 is 0 Å². The molecular weight excluding hydrogens is 459 g/mol. The number of hydrogen-bond acceptors (Lipinski definition) is 4. The van der Waals surface area contributed by atoms with Crippen LogP contribution in [0.25, 0.3) is 22.4 Å². The molecule has 0 aliphatic rings. The highest BCUT2D eigenvalue weighted by Gasteiger charge is 2.18. The second-order valence-electron chi connectivity index (χ2n) is 7.12. The van der Waals surface area contributed by atoms with Crippen LogP contribution < -0.4 is 10.1 Å². The maximum absolute atomic E-state index is 14.8. The number of thioether (sulfide) groups is 1. The minimum absolute atomic E-state index is 0.292. The predicted molar refractivity (Wildman–Crippen MR) is 133 cm³/mol. The maximum atomic E-state index is 14.8. The van der Waals surface area contributed by atoms with E-state index in [-0.39, 0.29) is 5.91 Å². The number of benzene rings is 3. The van der Waals surface area contributed by atoms with Gasteiger partial charge in [0.1, 0.15) is 11.6 Å². The van der Waals surface area contributed by atoms with Crippen molar-refractivity contribution in [1.82, 2.24) is 4.98 Å². The van der Waals surface area contributed by atoms with Gasteiger partial charge in [0.2, 0.25) is 0 Å². The third-order valence-corrected chi connectivity index (χ3v) is 6.16. The van der Waals surface area contributed by atoms with Crippen molar-refractivity contribution in [1.29, 1.82) is 0 Å². The zero-order valence-electron chi connectivity index (χ0n) is 17.9. The smallest absolute Gasteiger partial charge is 0.256 e. The quantitative estimate of drug-likeness (QED) is 0.298. The molecule has 4 rings (SSSR count). The number of nitrogens with one attached hydrogen (secondary N) is 1. The molecular formula is C26H20ClFN2O2S. The molecule has 0 spiro atoms. The second-order valence-corrected chi connectivity index (χ2v) is 8.41. The molecule has 1 aromatic heterocycles. The molecule has 0 atom stereocenters. The van der Waals surface area contributed by atoms with Crippen molar-refractivity contribution in [3.8, 4) is 28.1 Å². The van der Waals surface area contributed by atoms with E-state index in [1.54, 1.807) is 48.7 Å². The van der Waals surface area contributed by atoms with Crippen LogP contribution in [0.4, 0.5) is 10.1 Å². The number of anilines is 1. The van der Waals surface area contributed by atoms with Crippen molar-refractivity contribution >= 4 is 35.0 Å². The first-order chi connectivity index (χ1) is 16.0. The Kier molecular flexibility index (Phi) is 6.96. The summed E-state index contributed by atoms with van der Waals surface area (Å²) in [5.41, 5.74) is 3.06. The van der Waals surface area contributed by atoms with E-state index in [1.165, 1.54) is 24.9 Å². The number of amides is 1. The van der Waals surface area contributed by atoms with Crippen molar-refractivity contribution in [2.24, 2.45) is 0 Å². The van der Waals surface area contributed by atoms with Gasteiger partial charge < -0.3 is 10.1 Å². The SMILES string of the molecule is COc1ccc(F)c(-c2cc(SC)ccc2C(=O)Nc2ccc(Cl)c(-c3ccccn3)c2)c1. The molecule has 0 unspecified atom stereocenters. The van der Waals surface area contributed by atoms with Crippen molar-refractivity contribution in [3.05, 3.63) is 95.4 Å². The lowest BCUT2D eigenvalue weighted by Crippen LogP contribution is -2.13. The average Bonchev–Trinajstić information content (AvgIpc) is 2.85. The van der Waals surface area contributed by atoms with Crippen molar-refractivity contribution in [3.63, 3.8) is 0 Å². The summed E-state index contributed by atoms with van der Waals surface area (Å²) in [6, 6.07) is 20.5. The fraction of sp³-hybridized carbons (Fsp3) is 0.0769. The Bertz CT molecular complexity index is 1320. The van der Waals surface area contributed by atoms with E-state index in [2.05, 4.69) is 10.3 Å². The number of hydrogen-bond donors (Lipinski definition) is 1. The van der Waals surface area contributed by atoms with Gasteiger partial charge in [0.05, 0.1) is 17.8 Å². The first kappa shape index (κ1) is 22.8. The molecule has 0 aliphatic heterocycles. The number of pyridine rings is 1. The van der Waals surface area contributed by atoms with Crippen molar-refractivity contribution in [2.45, 2.75) is 4.90 Å². The van der Waals surface area contributed by atoms with Crippen LogP contribution in [0, 0.1) is 5.82 Å². The molecule has 33 heavy (non-hydrogen) atoms. The van der Waals surface area contributed by atoms with Crippen LogP contribution in [-0.4, -0.2) is 24.3 Å². The van der Waals surface area contributed by atoms with Crippen LogP contribution >= 0.6 is 23.4 Å². The molecule has 0 radical (unpaired) electrons. The van der Waals surface area contributed by atoms with Crippen LogP contribution in [0.15, 0.2) is 83.9 Å². The molecule has 3 aromatic carbocycles. The molecule has 0 bridgehead atoms. The van der Waals surface area contributed by atoms with Gasteiger partial charge in [-0.05, 0) is 78.5 Å². The molecule has 0 saturated heterocycles. The summed E-state index contributed by atoms with van der Waals surface area (Å²) in [7, 11) is 1.52. The molecule has 0 saturated carbocycles. The number of halogens is 2. The Morgan fingerprint density at radius 2 is 1.85 bits per heavy atom. The topological polar surface area (TPSA) is 51.2 Å². The largest absolute Gasteiger partial charge is 0.497 e. The first-order valence-corrected chi connectivity index (χ1v) is 11.6. The Hall–Kier alpha value is -3.35. The summed E-state index contributed by atoms with van der Waals surface area (Å²) < 4.78 is 20.0. The predicted octanol–water partition coefficient (Wildman–Crippen LogP) is 7.19. The lowest BCUT2D eigenvalue weighted by molar-refractivity contribution is 0.102. The fourth-order valence-corrected chi connectivity index (χ4v) is 4.08. The summed E-state index contributed by atoms with van der Waals surface area (Å²) in [4.78, 5) is 18.5. The van der Waals surface area contributed by atoms with E-state index < -0.39 is 5.82 Å². The number of aromatic nitrogens is 1. The maximum Gasteiger partial charge on any atom is 0.256 e. The van der Waals surface area contributed by atoms with Crippen molar-refractivity contribution < 1.29 is 13.9 Å². The second kappa shape index (κ2) is 10.1. The van der Waals surface area contributed by atoms with E-state index >= 15 is 0 Å². The summed E-state index contributed by atoms with van der Waals surface area (Å²) in [6.45, 7) is 0. The van der Waals surface area contributed by atoms with E-state index in [0.717, 1.165) is 4.90 Å². The highest BCUT2D eigenvalue weighted by Crippen LogP contribution is 2.34. The highest BCUT2D eigenvalue weighted by atomic mass is 35.5. The lowest BCUT2D eigenvalue weighted by atomic mass is 9.98. The summed E-state index contributed by atoms with van der Waals surface area (Å²) in [5.74, 6) is -0.300. The van der Waals surface area contributed by atoms with Gasteiger partial charge in [-0.3, -0.25) is 9.78 Å². The first-order valence-electron chi connectivity index (χ1n) is 10.0. The van der Waals surface area contributed by atoms with Crippen LogP contribution in [0.5, 0.6) is 5.75 Å². The minimum atomic E-state index is -0.438. The van der Waals surface area contributed by atoms with Gasteiger partial charge in [0, 0.05) is 33.5 Å². The number of rotatable bonds is 6. The van der Waals surface area contributed by atoms with Gasteiger partial charge in [0.15, 0.2) is 0 Å². The van der Waals surface area contributed by atoms with Gasteiger partial charge in [-0.1, -0.05) is 17.7 Å². The number of carbonyl (C=O) groups is 1. The Morgan fingerprint density at radius 3 is 2.58 bits per heavy atom. The molecule has 1 N–H and O–H groups in total. The van der Waals surface area contributed by atoms with Crippen LogP contribution in [0.1, 0.15) is 10.4 Å². The zero-order valence-corrected chi connectivity index (χ0v) is 19.5. The van der Waals surface area contributed by atoms with Crippen LogP contribution in [0.2, 0.25) is 5.02 Å².